The Labute approximate surface area is 79.1 Å². The van der Waals surface area contributed by atoms with E-state index in [0.717, 1.165) is 0 Å². The number of hydrogen-bond donors (Lipinski definition) is 2. The van der Waals surface area contributed by atoms with Crippen molar-refractivity contribution < 1.29 is 9.59 Å². The number of anilines is 2. The van der Waals surface area contributed by atoms with Gasteiger partial charge >= 0.3 is 0 Å². The molecule has 2 rings (SSSR count). The van der Waals surface area contributed by atoms with Gasteiger partial charge in [0.25, 0.3) is 0 Å². The van der Waals surface area contributed by atoms with Crippen molar-refractivity contribution in [2.45, 2.75) is 0 Å². The Morgan fingerprint density at radius 2 is 2.36 bits per heavy atom. The number of nitrogens with zero attached hydrogens (tertiary/aromatic N) is 2. The minimum Gasteiger partial charge on any atom is -0.355 e. The number of Topliss-reactive ketones (excluding diaryl/α,β-unsaturated/α-hetero) is 1. The highest BCUT2D eigenvalue weighted by Crippen LogP contribution is 2.22. The van der Waals surface area contributed by atoms with E-state index in [1.165, 1.54) is 12.5 Å². The third-order valence-corrected chi connectivity index (χ3v) is 1.71. The third kappa shape index (κ3) is 1.33. The van der Waals surface area contributed by atoms with Gasteiger partial charge in [0.2, 0.25) is 5.78 Å². The normalized spacial score (nSPS) is 13.0. The van der Waals surface area contributed by atoms with Crippen molar-refractivity contribution in [1.29, 1.82) is 0 Å². The summed E-state index contributed by atoms with van der Waals surface area (Å²) in [5.41, 5.74) is 0.834. The Balaban J connectivity index is 2.29. The molecule has 0 bridgehead atoms. The van der Waals surface area contributed by atoms with Crippen LogP contribution in [0, 0.1) is 0 Å². The van der Waals surface area contributed by atoms with Gasteiger partial charge in [-0.2, -0.15) is 0 Å². The molecule has 2 heterocycles. The van der Waals surface area contributed by atoms with Crippen LogP contribution < -0.4 is 10.6 Å². The van der Waals surface area contributed by atoms with E-state index in [4.69, 9.17) is 0 Å². The second kappa shape index (κ2) is 3.25. The highest BCUT2D eigenvalue weighted by atomic mass is 16.2. The predicted molar refractivity (Wildman–Crippen MR) is 48.4 cm³/mol. The number of rotatable bonds is 2. The number of allylic oxidation sites excluding steroid dienone is 1. The van der Waals surface area contributed by atoms with Crippen LogP contribution in [0.15, 0.2) is 24.4 Å². The largest absolute Gasteiger partial charge is 0.355 e. The standard InChI is InChI=1S/C8H6N4O2/c13-3-7(14)5-2-10-6-1-9-4-11-8(6)12-5/h1-4,10H,(H,9,11,12). The van der Waals surface area contributed by atoms with Crippen LogP contribution in [0.25, 0.3) is 0 Å². The fourth-order valence-corrected chi connectivity index (χ4v) is 1.04. The smallest absolute Gasteiger partial charge is 0.243 e. The van der Waals surface area contributed by atoms with Gasteiger partial charge in [0.15, 0.2) is 12.1 Å². The van der Waals surface area contributed by atoms with Gasteiger partial charge in [0.1, 0.15) is 17.7 Å². The molecule has 0 saturated carbocycles. The lowest BCUT2D eigenvalue weighted by atomic mass is 10.3. The number of nitrogens with one attached hydrogen (secondary N) is 2. The summed E-state index contributed by atoms with van der Waals surface area (Å²) >= 11 is 0. The number of aldehydes is 1. The zero-order valence-corrected chi connectivity index (χ0v) is 7.02. The zero-order chi connectivity index (χ0) is 9.97. The van der Waals surface area contributed by atoms with E-state index in [0.29, 0.717) is 11.5 Å². The van der Waals surface area contributed by atoms with Crippen molar-refractivity contribution >= 4 is 23.6 Å². The van der Waals surface area contributed by atoms with Crippen LogP contribution >= 0.6 is 0 Å². The lowest BCUT2D eigenvalue weighted by molar-refractivity contribution is -0.127. The zero-order valence-electron chi connectivity index (χ0n) is 7.02. The Morgan fingerprint density at radius 3 is 3.14 bits per heavy atom. The summed E-state index contributed by atoms with van der Waals surface area (Å²) in [5, 5.41) is 5.51. The van der Waals surface area contributed by atoms with Gasteiger partial charge in [-0.25, -0.2) is 9.97 Å². The first-order valence-corrected chi connectivity index (χ1v) is 3.84. The molecule has 70 valence electrons. The van der Waals surface area contributed by atoms with Crippen LogP contribution in [0.5, 0.6) is 0 Å². The number of ketones is 1. The van der Waals surface area contributed by atoms with Crippen molar-refractivity contribution in [3.05, 3.63) is 24.4 Å². The number of carbonyl (C=O) groups is 2. The molecule has 0 fully saturated rings. The van der Waals surface area contributed by atoms with E-state index in [1.807, 2.05) is 0 Å². The first-order valence-electron chi connectivity index (χ1n) is 3.84. The highest BCUT2D eigenvalue weighted by molar-refractivity contribution is 6.34. The van der Waals surface area contributed by atoms with E-state index >= 15 is 0 Å². The molecule has 6 nitrogen and oxygen atoms in total. The van der Waals surface area contributed by atoms with Crippen molar-refractivity contribution in [2.75, 3.05) is 10.6 Å². The highest BCUT2D eigenvalue weighted by Gasteiger charge is 2.15. The molecule has 1 aliphatic heterocycles. The second-order valence-electron chi connectivity index (χ2n) is 2.59. The molecule has 0 unspecified atom stereocenters. The van der Waals surface area contributed by atoms with Gasteiger partial charge in [-0.15, -0.1) is 0 Å². The monoisotopic (exact) mass is 190 g/mol. The quantitative estimate of drug-likeness (QED) is 0.501. The molecule has 0 spiro atoms. The van der Waals surface area contributed by atoms with Crippen LogP contribution in [0.4, 0.5) is 11.5 Å². The minimum absolute atomic E-state index is 0.172. The van der Waals surface area contributed by atoms with Gasteiger partial charge in [-0.3, -0.25) is 9.59 Å². The van der Waals surface area contributed by atoms with Crippen molar-refractivity contribution in [1.82, 2.24) is 9.97 Å². The van der Waals surface area contributed by atoms with Gasteiger partial charge in [-0.1, -0.05) is 0 Å². The molecule has 14 heavy (non-hydrogen) atoms. The summed E-state index contributed by atoms with van der Waals surface area (Å²) in [6.07, 6.45) is 4.56. The summed E-state index contributed by atoms with van der Waals surface area (Å²) in [6.45, 7) is 0. The molecule has 0 radical (unpaired) electrons. The maximum atomic E-state index is 11.0. The first-order chi connectivity index (χ1) is 6.81. The van der Waals surface area contributed by atoms with Gasteiger partial charge in [0.05, 0.1) is 6.20 Å². The van der Waals surface area contributed by atoms with E-state index in [9.17, 15) is 9.59 Å². The summed E-state index contributed by atoms with van der Waals surface area (Å²) in [7, 11) is 0. The molecule has 0 atom stereocenters. The third-order valence-electron chi connectivity index (χ3n) is 1.71. The maximum absolute atomic E-state index is 11.0. The molecule has 1 aliphatic rings. The van der Waals surface area contributed by atoms with Crippen LogP contribution in [0.2, 0.25) is 0 Å². The molecule has 6 heteroatoms. The number of fused-ring (bicyclic) bond motifs is 1. The molecular weight excluding hydrogens is 184 g/mol. The number of hydrogen-bond acceptors (Lipinski definition) is 6. The molecule has 0 aliphatic carbocycles. The summed E-state index contributed by atoms with van der Waals surface area (Å²) in [4.78, 5) is 28.9. The van der Waals surface area contributed by atoms with E-state index < -0.39 is 5.78 Å². The fraction of sp³-hybridized carbons (Fsp3) is 0. The Bertz CT molecular complexity index is 427. The maximum Gasteiger partial charge on any atom is 0.243 e. The predicted octanol–water partition coefficient (Wildman–Crippen LogP) is -0.0766. The van der Waals surface area contributed by atoms with E-state index in [1.54, 1.807) is 6.20 Å². The van der Waals surface area contributed by atoms with Gasteiger partial charge in [0, 0.05) is 6.20 Å². The van der Waals surface area contributed by atoms with E-state index in [2.05, 4.69) is 20.6 Å². The first kappa shape index (κ1) is 8.36. The summed E-state index contributed by atoms with van der Waals surface area (Å²) in [5.74, 6) is -0.144. The Hall–Kier alpha value is -2.24. The van der Waals surface area contributed by atoms with Gasteiger partial charge < -0.3 is 10.6 Å². The van der Waals surface area contributed by atoms with Crippen LogP contribution in [0.1, 0.15) is 0 Å². The van der Waals surface area contributed by atoms with Gasteiger partial charge in [-0.05, 0) is 0 Å². The average Bonchev–Trinajstić information content (AvgIpc) is 2.27. The summed E-state index contributed by atoms with van der Waals surface area (Å²) < 4.78 is 0. The Morgan fingerprint density at radius 1 is 1.50 bits per heavy atom. The van der Waals surface area contributed by atoms with E-state index in [-0.39, 0.29) is 12.0 Å². The SMILES string of the molecule is O=CC(=O)C1=CNc2cncnc2N1. The average molecular weight is 190 g/mol. The molecule has 2 N–H and O–H groups in total. The topological polar surface area (TPSA) is 84.0 Å². The van der Waals surface area contributed by atoms with Crippen LogP contribution in [-0.2, 0) is 9.59 Å². The number of carbonyl (C=O) groups excluding carboxylic acids is 2. The number of aromatic nitrogens is 2. The molecular formula is C8H6N4O2. The van der Waals surface area contributed by atoms with Crippen LogP contribution in [-0.4, -0.2) is 22.0 Å². The molecule has 0 aromatic carbocycles. The van der Waals surface area contributed by atoms with Crippen molar-refractivity contribution in [3.8, 4) is 0 Å². The Kier molecular flexibility index (Phi) is 1.94. The molecule has 1 aromatic rings. The lowest BCUT2D eigenvalue weighted by Crippen LogP contribution is -2.19. The summed E-state index contributed by atoms with van der Waals surface area (Å²) in [6, 6.07) is 0. The second-order valence-corrected chi connectivity index (χ2v) is 2.59. The van der Waals surface area contributed by atoms with Crippen LogP contribution in [0.3, 0.4) is 0 Å². The van der Waals surface area contributed by atoms with Crippen molar-refractivity contribution in [2.24, 2.45) is 0 Å². The molecule has 1 aromatic heterocycles. The molecule has 0 amide bonds. The van der Waals surface area contributed by atoms with Crippen molar-refractivity contribution in [3.63, 3.8) is 0 Å². The minimum atomic E-state index is -0.623. The fourth-order valence-electron chi connectivity index (χ4n) is 1.04. The lowest BCUT2D eigenvalue weighted by Gasteiger charge is -2.15. The molecule has 0 saturated heterocycles.